The highest BCUT2D eigenvalue weighted by Crippen LogP contribution is 2.30. The molecule has 0 aliphatic carbocycles. The van der Waals surface area contributed by atoms with Crippen molar-refractivity contribution in [2.75, 3.05) is 18.0 Å². The van der Waals surface area contributed by atoms with Gasteiger partial charge in [-0.25, -0.2) is 0 Å². The molecule has 1 aromatic rings. The summed E-state index contributed by atoms with van der Waals surface area (Å²) < 4.78 is 5.71. The van der Waals surface area contributed by atoms with Crippen LogP contribution in [-0.4, -0.2) is 29.3 Å². The van der Waals surface area contributed by atoms with Crippen molar-refractivity contribution < 1.29 is 4.42 Å². The summed E-state index contributed by atoms with van der Waals surface area (Å²) in [5.74, 6) is 0.669. The maximum Gasteiger partial charge on any atom is 0.318 e. The summed E-state index contributed by atoms with van der Waals surface area (Å²) in [6.07, 6.45) is 2.45. The van der Waals surface area contributed by atoms with E-state index in [2.05, 4.69) is 48.1 Å². The lowest BCUT2D eigenvalue weighted by Crippen LogP contribution is -2.40. The average Bonchev–Trinajstić information content (AvgIpc) is 2.73. The second-order valence-corrected chi connectivity index (χ2v) is 6.20. The highest BCUT2D eigenvalue weighted by Gasteiger charge is 2.28. The first-order valence-electron chi connectivity index (χ1n) is 6.77. The molecule has 0 radical (unpaired) electrons. The topological polar surface area (TPSA) is 54.2 Å². The third kappa shape index (κ3) is 3.45. The minimum absolute atomic E-state index is 0.336. The number of hydrogen-bond acceptors (Lipinski definition) is 5. The van der Waals surface area contributed by atoms with Crippen LogP contribution in [0.15, 0.2) is 4.42 Å². The molecule has 2 rings (SSSR count). The Balaban J connectivity index is 1.97. The van der Waals surface area contributed by atoms with Crippen LogP contribution in [-0.2, 0) is 6.54 Å². The van der Waals surface area contributed by atoms with Gasteiger partial charge < -0.3 is 14.6 Å². The van der Waals surface area contributed by atoms with Gasteiger partial charge in [-0.2, -0.15) is 0 Å². The quantitative estimate of drug-likeness (QED) is 0.890. The smallest absolute Gasteiger partial charge is 0.318 e. The fraction of sp³-hybridized carbons (Fsp3) is 0.846. The molecule has 0 bridgehead atoms. The van der Waals surface area contributed by atoms with Gasteiger partial charge in [-0.15, -0.1) is 5.10 Å². The molecule has 1 aliphatic heterocycles. The van der Waals surface area contributed by atoms with Crippen LogP contribution in [0.1, 0.15) is 46.4 Å². The van der Waals surface area contributed by atoms with Gasteiger partial charge in [0.1, 0.15) is 0 Å². The maximum atomic E-state index is 5.71. The van der Waals surface area contributed by atoms with E-state index in [1.807, 2.05) is 0 Å². The number of anilines is 1. The predicted molar refractivity (Wildman–Crippen MR) is 71.5 cm³/mol. The van der Waals surface area contributed by atoms with Crippen molar-refractivity contribution in [1.29, 1.82) is 0 Å². The van der Waals surface area contributed by atoms with E-state index in [9.17, 15) is 0 Å². The molecule has 1 aliphatic rings. The van der Waals surface area contributed by atoms with Crippen molar-refractivity contribution in [3.8, 4) is 0 Å². The van der Waals surface area contributed by atoms with Crippen LogP contribution in [0.3, 0.4) is 0 Å². The summed E-state index contributed by atoms with van der Waals surface area (Å²) in [7, 11) is 0. The molecular formula is C13H24N4O. The van der Waals surface area contributed by atoms with Crippen molar-refractivity contribution >= 4 is 6.01 Å². The molecule has 1 saturated heterocycles. The molecular weight excluding hydrogens is 228 g/mol. The summed E-state index contributed by atoms with van der Waals surface area (Å²) >= 11 is 0. The summed E-state index contributed by atoms with van der Waals surface area (Å²) in [5.41, 5.74) is 0.336. The summed E-state index contributed by atoms with van der Waals surface area (Å²) in [4.78, 5) is 2.20. The third-order valence-corrected chi connectivity index (χ3v) is 3.29. The zero-order valence-electron chi connectivity index (χ0n) is 11.9. The lowest BCUT2D eigenvalue weighted by Gasteiger charge is -2.36. The molecule has 5 heteroatoms. The minimum atomic E-state index is 0.336. The summed E-state index contributed by atoms with van der Waals surface area (Å²) in [6, 6.07) is 1.10. The summed E-state index contributed by atoms with van der Waals surface area (Å²) in [5, 5.41) is 11.5. The standard InChI is InChI=1S/C13H24N4O/c1-10(2)14-8-11-15-16-12(18-11)17-7-5-6-13(3,4)9-17/h10,14H,5-9H2,1-4H3. The van der Waals surface area contributed by atoms with E-state index in [0.717, 1.165) is 13.1 Å². The second-order valence-electron chi connectivity index (χ2n) is 6.20. The van der Waals surface area contributed by atoms with Crippen LogP contribution >= 0.6 is 0 Å². The zero-order valence-corrected chi connectivity index (χ0v) is 11.9. The Labute approximate surface area is 109 Å². The number of nitrogens with zero attached hydrogens (tertiary/aromatic N) is 3. The van der Waals surface area contributed by atoms with Gasteiger partial charge in [0.05, 0.1) is 6.54 Å². The Morgan fingerprint density at radius 1 is 1.39 bits per heavy atom. The molecule has 0 amide bonds. The molecule has 0 aromatic carbocycles. The lowest BCUT2D eigenvalue weighted by molar-refractivity contribution is 0.282. The predicted octanol–water partition coefficient (Wildman–Crippen LogP) is 2.19. The zero-order chi connectivity index (χ0) is 13.2. The molecule has 0 spiro atoms. The van der Waals surface area contributed by atoms with Crippen molar-refractivity contribution in [2.24, 2.45) is 5.41 Å². The molecule has 2 heterocycles. The van der Waals surface area contributed by atoms with E-state index in [0.29, 0.717) is 29.9 Å². The molecule has 1 aromatic heterocycles. The lowest BCUT2D eigenvalue weighted by atomic mass is 9.84. The minimum Gasteiger partial charge on any atom is -0.407 e. The van der Waals surface area contributed by atoms with Gasteiger partial charge in [-0.1, -0.05) is 32.8 Å². The molecule has 0 saturated carbocycles. The Kier molecular flexibility index (Phi) is 3.90. The number of nitrogens with one attached hydrogen (secondary N) is 1. The second kappa shape index (κ2) is 5.26. The third-order valence-electron chi connectivity index (χ3n) is 3.29. The summed E-state index contributed by atoms with van der Waals surface area (Å²) in [6.45, 7) is 11.4. The van der Waals surface area contributed by atoms with E-state index in [1.165, 1.54) is 12.8 Å². The largest absolute Gasteiger partial charge is 0.407 e. The van der Waals surface area contributed by atoms with Crippen LogP contribution in [0.5, 0.6) is 0 Å². The fourth-order valence-electron chi connectivity index (χ4n) is 2.32. The Bertz CT molecular complexity index is 386. The van der Waals surface area contributed by atoms with Crippen molar-refractivity contribution in [3.63, 3.8) is 0 Å². The van der Waals surface area contributed by atoms with Crippen molar-refractivity contribution in [3.05, 3.63) is 5.89 Å². The van der Waals surface area contributed by atoms with Gasteiger partial charge in [-0.05, 0) is 18.3 Å². The van der Waals surface area contributed by atoms with Crippen molar-refractivity contribution in [1.82, 2.24) is 15.5 Å². The molecule has 102 valence electrons. The van der Waals surface area contributed by atoms with Gasteiger partial charge in [-0.3, -0.25) is 0 Å². The van der Waals surface area contributed by atoms with Gasteiger partial charge in [0, 0.05) is 19.1 Å². The van der Waals surface area contributed by atoms with E-state index >= 15 is 0 Å². The molecule has 5 nitrogen and oxygen atoms in total. The Hall–Kier alpha value is -1.10. The van der Waals surface area contributed by atoms with Gasteiger partial charge >= 0.3 is 6.01 Å². The molecule has 1 N–H and O–H groups in total. The molecule has 0 atom stereocenters. The number of hydrogen-bond donors (Lipinski definition) is 1. The van der Waals surface area contributed by atoms with Crippen LogP contribution < -0.4 is 10.2 Å². The normalized spacial score (nSPS) is 19.5. The fourth-order valence-corrected chi connectivity index (χ4v) is 2.32. The maximum absolute atomic E-state index is 5.71. The van der Waals surface area contributed by atoms with Crippen LogP contribution in [0, 0.1) is 5.41 Å². The first-order chi connectivity index (χ1) is 8.46. The van der Waals surface area contributed by atoms with Gasteiger partial charge in [0.25, 0.3) is 0 Å². The van der Waals surface area contributed by atoms with Crippen LogP contribution in [0.4, 0.5) is 6.01 Å². The van der Waals surface area contributed by atoms with Crippen LogP contribution in [0.25, 0.3) is 0 Å². The van der Waals surface area contributed by atoms with E-state index < -0.39 is 0 Å². The van der Waals surface area contributed by atoms with E-state index in [1.54, 1.807) is 0 Å². The Morgan fingerprint density at radius 2 is 2.17 bits per heavy atom. The van der Waals surface area contributed by atoms with Gasteiger partial charge in [0.2, 0.25) is 5.89 Å². The molecule has 18 heavy (non-hydrogen) atoms. The van der Waals surface area contributed by atoms with Crippen molar-refractivity contribution in [2.45, 2.75) is 53.1 Å². The first kappa shape index (κ1) is 13.3. The molecule has 0 unspecified atom stereocenters. The average molecular weight is 252 g/mol. The number of rotatable bonds is 4. The number of piperidine rings is 1. The Morgan fingerprint density at radius 3 is 2.83 bits per heavy atom. The first-order valence-corrected chi connectivity index (χ1v) is 6.77. The van der Waals surface area contributed by atoms with E-state index in [4.69, 9.17) is 4.42 Å². The highest BCUT2D eigenvalue weighted by molar-refractivity contribution is 5.25. The van der Waals surface area contributed by atoms with E-state index in [-0.39, 0.29) is 0 Å². The van der Waals surface area contributed by atoms with Crippen LogP contribution in [0.2, 0.25) is 0 Å². The number of aromatic nitrogens is 2. The highest BCUT2D eigenvalue weighted by atomic mass is 16.4. The SMILES string of the molecule is CC(C)NCc1nnc(N2CCCC(C)(C)C2)o1. The monoisotopic (exact) mass is 252 g/mol. The molecule has 1 fully saturated rings. The van der Waals surface area contributed by atoms with Gasteiger partial charge in [0.15, 0.2) is 0 Å².